The summed E-state index contributed by atoms with van der Waals surface area (Å²) in [6, 6.07) is 0. The molecule has 0 aliphatic carbocycles. The van der Waals surface area contributed by atoms with Gasteiger partial charge in [0.25, 0.3) is 0 Å². The third-order valence-corrected chi connectivity index (χ3v) is 0.158. The number of nitriles is 2. The van der Waals surface area contributed by atoms with E-state index in [0.29, 0.717) is 0 Å². The minimum atomic E-state index is 0. The topological polar surface area (TPSA) is 47.6 Å². The van der Waals surface area contributed by atoms with E-state index in [4.69, 9.17) is 10.5 Å². The molecule has 0 amide bonds. The Labute approximate surface area is 59.3 Å². The van der Waals surface area contributed by atoms with Crippen LogP contribution in [-0.4, -0.2) is 36.8 Å². The monoisotopic (exact) mass is 88.0 g/mol. The van der Waals surface area contributed by atoms with Gasteiger partial charge in [-0.25, -0.2) is 10.5 Å². The van der Waals surface area contributed by atoms with Gasteiger partial charge in [-0.15, -0.1) is 0 Å². The molecule has 0 aromatic rings. The second-order valence-electron chi connectivity index (χ2n) is 0.493. The first-order valence-electron chi connectivity index (χ1n) is 1.15. The molecule has 0 fully saturated rings. The zero-order valence-corrected chi connectivity index (χ0v) is 2.60. The average molecular weight is 87.9 g/mol. The Hall–Kier alpha value is 0.0449. The molecule has 0 unspecified atom stereocenters. The van der Waals surface area contributed by atoms with Crippen LogP contribution in [-0.2, 0) is 0 Å². The second kappa shape index (κ2) is 8.90. The van der Waals surface area contributed by atoms with Gasteiger partial charge in [0.1, 0.15) is 0 Å². The molecular weight excluding hydrogens is 85.8 g/mol. The molecule has 0 aromatic carbocycles. The average Bonchev–Trinajstić information content (AvgIpc) is 1.41. The van der Waals surface area contributed by atoms with Gasteiger partial charge >= 0.3 is 36.8 Å². The molecule has 0 aromatic heterocycles. The van der Waals surface area contributed by atoms with Gasteiger partial charge in [-0.1, -0.05) is 0 Å². The summed E-state index contributed by atoms with van der Waals surface area (Å²) in [6.07, 6.45) is 0. The van der Waals surface area contributed by atoms with Crippen LogP contribution in [0.1, 0.15) is 0 Å². The van der Waals surface area contributed by atoms with Crippen molar-refractivity contribution in [3.8, 4) is 11.9 Å². The maximum atomic E-state index is 7.59. The number of hydrogen-bond donors (Lipinski definition) is 0. The van der Waals surface area contributed by atoms with Crippen molar-refractivity contribution in [2.45, 2.75) is 0 Å². The van der Waals surface area contributed by atoms with Gasteiger partial charge in [-0.3, -0.25) is 0 Å². The van der Waals surface area contributed by atoms with Crippen LogP contribution in [0.4, 0.5) is 0 Å². The van der Waals surface area contributed by atoms with E-state index < -0.39 is 0 Å². The van der Waals surface area contributed by atoms with Crippen molar-refractivity contribution in [2.24, 2.45) is 0 Å². The van der Waals surface area contributed by atoms with E-state index in [2.05, 4.69) is 0 Å². The Morgan fingerprint density at radius 2 is 1.50 bits per heavy atom. The number of nitrogens with zero attached hydrogens (tertiary/aromatic N) is 2. The van der Waals surface area contributed by atoms with E-state index in [-0.39, 0.29) is 36.8 Å². The molecule has 0 atom stereocenters. The van der Waals surface area contributed by atoms with Gasteiger partial charge in [-0.2, -0.15) is 0 Å². The molecule has 0 radical (unpaired) electrons. The van der Waals surface area contributed by atoms with Gasteiger partial charge in [0.15, 0.2) is 0 Å². The van der Waals surface area contributed by atoms with Crippen molar-refractivity contribution >= 4 is 36.8 Å². The zero-order valence-electron chi connectivity index (χ0n) is 2.60. The number of rotatable bonds is 0. The summed E-state index contributed by atoms with van der Waals surface area (Å²) in [5, 5.41) is 15.2. The molecule has 2 nitrogen and oxygen atoms in total. The van der Waals surface area contributed by atoms with Crippen LogP contribution in [0.2, 0.25) is 0 Å². The Morgan fingerprint density at radius 1 is 1.17 bits per heavy atom. The van der Waals surface area contributed by atoms with Gasteiger partial charge in [0, 0.05) is 11.9 Å². The zero-order chi connectivity index (χ0) is 4.12. The summed E-state index contributed by atoms with van der Waals surface area (Å²) in [7, 11) is 0. The third kappa shape index (κ3) is 8.97. The van der Waals surface area contributed by atoms with Crippen molar-refractivity contribution < 1.29 is 0 Å². The van der Waals surface area contributed by atoms with Gasteiger partial charge in [-0.05, 0) is 0 Å². The van der Waals surface area contributed by atoms with E-state index in [9.17, 15) is 0 Å². The molecule has 0 spiro atoms. The molecule has 0 aliphatic rings. The Bertz CT molecular complexity index is 76.7. The summed E-state index contributed by atoms with van der Waals surface area (Å²) < 4.78 is 0. The minimum absolute atomic E-state index is 0. The quantitative estimate of drug-likeness (QED) is 0.347. The van der Waals surface area contributed by atoms with E-state index in [1.54, 1.807) is 11.9 Å². The molecule has 6 heavy (non-hydrogen) atoms. The fourth-order valence-corrected chi connectivity index (χ4v) is 0.0354. The fourth-order valence-electron chi connectivity index (χ4n) is 0.0354. The van der Waals surface area contributed by atoms with E-state index in [1.165, 1.54) is 0 Å². The van der Waals surface area contributed by atoms with Crippen LogP contribution in [0.15, 0.2) is 0 Å². The molecule has 0 rings (SSSR count). The summed E-state index contributed by atoms with van der Waals surface area (Å²) in [6.45, 7) is 0. The van der Waals surface area contributed by atoms with Crippen LogP contribution in [0.5, 0.6) is 0 Å². The first kappa shape index (κ1) is 9.40. The van der Waals surface area contributed by atoms with Crippen molar-refractivity contribution in [1.29, 1.82) is 10.5 Å². The van der Waals surface area contributed by atoms with Crippen LogP contribution in [0.3, 0.4) is 0 Å². The molecule has 0 saturated carbocycles. The summed E-state index contributed by atoms with van der Waals surface area (Å²) in [5.41, 5.74) is 0. The van der Waals surface area contributed by atoms with Gasteiger partial charge in [0.05, 0.1) is 0 Å². The first-order chi connectivity index (χ1) is 2.41. The maximum absolute atomic E-state index is 7.59. The molecular formula is C2H2BN2Na. The van der Waals surface area contributed by atoms with E-state index >= 15 is 0 Å². The molecule has 0 heterocycles. The van der Waals surface area contributed by atoms with Gasteiger partial charge < -0.3 is 0 Å². The van der Waals surface area contributed by atoms with Crippen molar-refractivity contribution in [2.75, 3.05) is 0 Å². The normalized spacial score (nSPS) is 3.00. The second-order valence-corrected chi connectivity index (χ2v) is 0.493. The predicted octanol–water partition coefficient (Wildman–Crippen LogP) is -1.26. The standard InChI is InChI=1S/C2HBN2.Na.H/c4-1-3-2-5;;/h3H;;. The van der Waals surface area contributed by atoms with Crippen molar-refractivity contribution in [3.63, 3.8) is 0 Å². The third-order valence-electron chi connectivity index (χ3n) is 0.158. The molecule has 0 aliphatic heterocycles. The van der Waals surface area contributed by atoms with Crippen LogP contribution in [0.25, 0.3) is 0 Å². The predicted molar refractivity (Wildman–Crippen MR) is 25.5 cm³/mol. The summed E-state index contributed by atoms with van der Waals surface area (Å²) in [4.78, 5) is 0. The summed E-state index contributed by atoms with van der Waals surface area (Å²) >= 11 is 0. The van der Waals surface area contributed by atoms with Crippen LogP contribution in [0, 0.1) is 22.5 Å². The summed E-state index contributed by atoms with van der Waals surface area (Å²) in [5.74, 6) is 3.31. The van der Waals surface area contributed by atoms with Crippen LogP contribution >= 0.6 is 0 Å². The van der Waals surface area contributed by atoms with Crippen LogP contribution < -0.4 is 0 Å². The van der Waals surface area contributed by atoms with Crippen molar-refractivity contribution in [3.05, 3.63) is 0 Å². The Morgan fingerprint density at radius 3 is 1.50 bits per heavy atom. The van der Waals surface area contributed by atoms with Gasteiger partial charge in [0.2, 0.25) is 0 Å². The Kier molecular flexibility index (Phi) is 14.0. The molecule has 0 N–H and O–H groups in total. The molecule has 24 valence electrons. The molecule has 0 bridgehead atoms. The van der Waals surface area contributed by atoms with E-state index in [1.807, 2.05) is 0 Å². The van der Waals surface area contributed by atoms with Crippen molar-refractivity contribution in [1.82, 2.24) is 0 Å². The number of hydrogen-bond acceptors (Lipinski definition) is 2. The molecule has 0 saturated heterocycles. The fraction of sp³-hybridized carbons (Fsp3) is 0. The van der Waals surface area contributed by atoms with E-state index in [0.717, 1.165) is 0 Å². The Balaban J connectivity index is 0. The SMILES string of the molecule is N#CBC#N.[NaH]. The first-order valence-corrected chi connectivity index (χ1v) is 1.15. The molecule has 4 heteroatoms.